The van der Waals surface area contributed by atoms with Crippen LogP contribution in [0.4, 0.5) is 0 Å². The van der Waals surface area contributed by atoms with Crippen LogP contribution in [0.1, 0.15) is 0 Å². The van der Waals surface area contributed by atoms with Crippen molar-refractivity contribution < 1.29 is 29.3 Å². The van der Waals surface area contributed by atoms with E-state index in [4.69, 9.17) is 10.2 Å². The lowest BCUT2D eigenvalue weighted by molar-refractivity contribution is -0.142. The molecular weight excluding hydrogens is 192 g/mol. The number of aliphatic hydroxyl groups excluding tert-OH is 2. The van der Waals surface area contributed by atoms with Gasteiger partial charge in [-0.25, -0.2) is 9.59 Å². The van der Waals surface area contributed by atoms with Gasteiger partial charge in [-0.05, 0) is 0 Å². The van der Waals surface area contributed by atoms with Gasteiger partial charge in [0.05, 0.1) is 13.7 Å². The third-order valence-electron chi connectivity index (χ3n) is 1.19. The van der Waals surface area contributed by atoms with Crippen LogP contribution in [0.5, 0.6) is 0 Å². The van der Waals surface area contributed by atoms with Gasteiger partial charge in [0, 0.05) is 12.2 Å². The van der Waals surface area contributed by atoms with Gasteiger partial charge >= 0.3 is 11.9 Å². The van der Waals surface area contributed by atoms with Gasteiger partial charge in [-0.3, -0.25) is 0 Å². The summed E-state index contributed by atoms with van der Waals surface area (Å²) in [6, 6.07) is 0. The lowest BCUT2D eigenvalue weighted by Crippen LogP contribution is -2.21. The Balaban J connectivity index is 3.76. The van der Waals surface area contributed by atoms with Crippen molar-refractivity contribution in [3.8, 4) is 0 Å². The Morgan fingerprint density at radius 3 is 2.43 bits per heavy atom. The van der Waals surface area contributed by atoms with Crippen LogP contribution in [-0.2, 0) is 19.1 Å². The van der Waals surface area contributed by atoms with Crippen molar-refractivity contribution >= 4 is 11.9 Å². The molecule has 6 nitrogen and oxygen atoms in total. The van der Waals surface area contributed by atoms with Crippen molar-refractivity contribution in [1.82, 2.24) is 0 Å². The van der Waals surface area contributed by atoms with Gasteiger partial charge in [0.1, 0.15) is 12.7 Å². The Labute approximate surface area is 80.7 Å². The summed E-state index contributed by atoms with van der Waals surface area (Å²) in [4.78, 5) is 21.3. The zero-order valence-corrected chi connectivity index (χ0v) is 7.67. The SMILES string of the molecule is COC(=O)/C=C/C(=O)OC[C@@H](O)CO. The minimum absolute atomic E-state index is 0.319. The highest BCUT2D eigenvalue weighted by molar-refractivity contribution is 5.91. The lowest BCUT2D eigenvalue weighted by Gasteiger charge is -2.05. The molecule has 0 amide bonds. The van der Waals surface area contributed by atoms with E-state index in [1.807, 2.05) is 0 Å². The van der Waals surface area contributed by atoms with E-state index in [0.29, 0.717) is 0 Å². The molecule has 0 rings (SSSR count). The molecule has 6 heteroatoms. The molecule has 0 saturated heterocycles. The first-order valence-corrected chi connectivity index (χ1v) is 3.82. The van der Waals surface area contributed by atoms with E-state index in [0.717, 1.165) is 12.2 Å². The van der Waals surface area contributed by atoms with E-state index < -0.39 is 24.6 Å². The minimum atomic E-state index is -1.11. The smallest absolute Gasteiger partial charge is 0.331 e. The molecule has 0 aliphatic carbocycles. The van der Waals surface area contributed by atoms with Crippen LogP contribution >= 0.6 is 0 Å². The van der Waals surface area contributed by atoms with Crippen LogP contribution in [0.25, 0.3) is 0 Å². The first kappa shape index (κ1) is 12.6. The molecule has 1 atom stereocenters. The molecule has 0 fully saturated rings. The Morgan fingerprint density at radius 2 is 1.93 bits per heavy atom. The summed E-state index contributed by atoms with van der Waals surface area (Å²) >= 11 is 0. The van der Waals surface area contributed by atoms with Crippen molar-refractivity contribution in [2.24, 2.45) is 0 Å². The lowest BCUT2D eigenvalue weighted by atomic mass is 10.4. The molecule has 80 valence electrons. The largest absolute Gasteiger partial charge is 0.466 e. The number of methoxy groups -OCH3 is 1. The Kier molecular flexibility index (Phi) is 6.34. The number of hydrogen-bond donors (Lipinski definition) is 2. The van der Waals surface area contributed by atoms with Gasteiger partial charge in [-0.1, -0.05) is 0 Å². The van der Waals surface area contributed by atoms with Crippen molar-refractivity contribution in [3.63, 3.8) is 0 Å². The molecule has 0 saturated carbocycles. The van der Waals surface area contributed by atoms with E-state index in [1.165, 1.54) is 7.11 Å². The monoisotopic (exact) mass is 204 g/mol. The average molecular weight is 204 g/mol. The molecule has 0 bridgehead atoms. The number of hydrogen-bond acceptors (Lipinski definition) is 6. The molecule has 0 spiro atoms. The summed E-state index contributed by atoms with van der Waals surface area (Å²) in [5, 5.41) is 17.2. The molecule has 0 unspecified atom stereocenters. The van der Waals surface area contributed by atoms with Crippen LogP contribution in [-0.4, -0.2) is 48.6 Å². The third-order valence-corrected chi connectivity index (χ3v) is 1.19. The summed E-state index contributed by atoms with van der Waals surface area (Å²) in [7, 11) is 1.17. The van der Waals surface area contributed by atoms with Crippen LogP contribution in [0, 0.1) is 0 Å². The van der Waals surface area contributed by atoms with Crippen LogP contribution < -0.4 is 0 Å². The fourth-order valence-electron chi connectivity index (χ4n) is 0.483. The van der Waals surface area contributed by atoms with Crippen LogP contribution in [0.3, 0.4) is 0 Å². The van der Waals surface area contributed by atoms with E-state index in [2.05, 4.69) is 9.47 Å². The number of carbonyl (C=O) groups excluding carboxylic acids is 2. The number of aliphatic hydroxyl groups is 2. The standard InChI is InChI=1S/C8H12O6/c1-13-7(11)2-3-8(12)14-5-6(10)4-9/h2-3,6,9-10H,4-5H2,1H3/b3-2+/t6-/m0/s1. The van der Waals surface area contributed by atoms with Crippen LogP contribution in [0.15, 0.2) is 12.2 Å². The second kappa shape index (κ2) is 7.05. The molecule has 0 heterocycles. The normalized spacial score (nSPS) is 12.5. The minimum Gasteiger partial charge on any atom is -0.466 e. The molecular formula is C8H12O6. The van der Waals surface area contributed by atoms with E-state index in [1.54, 1.807) is 0 Å². The van der Waals surface area contributed by atoms with Gasteiger partial charge in [-0.2, -0.15) is 0 Å². The first-order valence-electron chi connectivity index (χ1n) is 3.82. The summed E-state index contributed by atoms with van der Waals surface area (Å²) < 4.78 is 8.67. The highest BCUT2D eigenvalue weighted by atomic mass is 16.5. The summed E-state index contributed by atoms with van der Waals surface area (Å²) in [5.41, 5.74) is 0. The second-order valence-electron chi connectivity index (χ2n) is 2.32. The maximum Gasteiger partial charge on any atom is 0.331 e. The summed E-state index contributed by atoms with van der Waals surface area (Å²) in [6.45, 7) is -0.811. The molecule has 14 heavy (non-hydrogen) atoms. The van der Waals surface area contributed by atoms with Crippen molar-refractivity contribution in [2.45, 2.75) is 6.10 Å². The third kappa shape index (κ3) is 6.15. The maximum atomic E-state index is 10.8. The maximum absolute atomic E-state index is 10.8. The predicted molar refractivity (Wildman–Crippen MR) is 45.2 cm³/mol. The fraction of sp³-hybridized carbons (Fsp3) is 0.500. The zero-order valence-electron chi connectivity index (χ0n) is 7.67. The predicted octanol–water partition coefficient (Wildman–Crippen LogP) is -1.39. The molecule has 0 radical (unpaired) electrons. The first-order chi connectivity index (χ1) is 6.60. The quantitative estimate of drug-likeness (QED) is 0.423. The van der Waals surface area contributed by atoms with E-state index in [9.17, 15) is 9.59 Å². The highest BCUT2D eigenvalue weighted by Gasteiger charge is 2.05. The summed E-state index contributed by atoms with van der Waals surface area (Å²) in [5.74, 6) is -1.47. The van der Waals surface area contributed by atoms with Gasteiger partial charge in [0.2, 0.25) is 0 Å². The Morgan fingerprint density at radius 1 is 1.36 bits per heavy atom. The number of rotatable bonds is 5. The molecule has 0 aromatic heterocycles. The zero-order chi connectivity index (χ0) is 11.0. The summed E-state index contributed by atoms with van der Waals surface area (Å²) in [6.07, 6.45) is 0.661. The molecule has 2 N–H and O–H groups in total. The van der Waals surface area contributed by atoms with Gasteiger partial charge < -0.3 is 19.7 Å². The number of ether oxygens (including phenoxy) is 2. The fourth-order valence-corrected chi connectivity index (χ4v) is 0.483. The molecule has 0 aliphatic heterocycles. The van der Waals surface area contributed by atoms with Crippen molar-refractivity contribution in [2.75, 3.05) is 20.3 Å². The van der Waals surface area contributed by atoms with Crippen LogP contribution in [0.2, 0.25) is 0 Å². The van der Waals surface area contributed by atoms with Gasteiger partial charge in [0.15, 0.2) is 0 Å². The van der Waals surface area contributed by atoms with E-state index in [-0.39, 0.29) is 6.61 Å². The van der Waals surface area contributed by atoms with E-state index >= 15 is 0 Å². The van der Waals surface area contributed by atoms with Gasteiger partial charge in [-0.15, -0.1) is 0 Å². The van der Waals surface area contributed by atoms with Crippen molar-refractivity contribution in [1.29, 1.82) is 0 Å². The Hall–Kier alpha value is -1.40. The average Bonchev–Trinajstić information content (AvgIpc) is 2.22. The second-order valence-corrected chi connectivity index (χ2v) is 2.32. The molecule has 0 aliphatic rings. The molecule has 0 aromatic carbocycles. The number of esters is 2. The number of carbonyl (C=O) groups is 2. The Bertz CT molecular complexity index is 222. The van der Waals surface area contributed by atoms with Gasteiger partial charge in [0.25, 0.3) is 0 Å². The highest BCUT2D eigenvalue weighted by Crippen LogP contribution is 1.87. The molecule has 0 aromatic rings. The topological polar surface area (TPSA) is 93.1 Å². The van der Waals surface area contributed by atoms with Crippen molar-refractivity contribution in [3.05, 3.63) is 12.2 Å².